The first-order valence-electron chi connectivity index (χ1n) is 11.0. The van der Waals surface area contributed by atoms with E-state index in [9.17, 15) is 13.2 Å². The smallest absolute Gasteiger partial charge is 0.241 e. The van der Waals surface area contributed by atoms with Gasteiger partial charge in [-0.15, -0.1) is 0 Å². The lowest BCUT2D eigenvalue weighted by atomic mass is 10.1. The molecule has 2 atom stereocenters. The van der Waals surface area contributed by atoms with Gasteiger partial charge < -0.3 is 19.9 Å². The summed E-state index contributed by atoms with van der Waals surface area (Å²) >= 11 is 4.18. The van der Waals surface area contributed by atoms with E-state index in [0.717, 1.165) is 5.56 Å². The van der Waals surface area contributed by atoms with Crippen LogP contribution < -0.4 is 10.5 Å². The van der Waals surface area contributed by atoms with Crippen LogP contribution in [0.25, 0.3) is 11.3 Å². The van der Waals surface area contributed by atoms with Gasteiger partial charge in [-0.1, -0.05) is 30.3 Å². The third kappa shape index (κ3) is 4.84. The molecule has 0 saturated heterocycles. The van der Waals surface area contributed by atoms with Gasteiger partial charge in [0.25, 0.3) is 0 Å². The first-order chi connectivity index (χ1) is 16.4. The summed E-state index contributed by atoms with van der Waals surface area (Å²) in [6.45, 7) is 0.940. The van der Waals surface area contributed by atoms with Crippen molar-refractivity contribution in [3.05, 3.63) is 66.6 Å². The number of nitrogens with two attached hydrogens (primary N) is 1. The zero-order valence-corrected chi connectivity index (χ0v) is 20.6. The van der Waals surface area contributed by atoms with Crippen molar-refractivity contribution in [1.29, 1.82) is 0 Å². The van der Waals surface area contributed by atoms with Crippen LogP contribution in [0, 0.1) is 0 Å². The molecule has 0 spiro atoms. The summed E-state index contributed by atoms with van der Waals surface area (Å²) in [4.78, 5) is 19.8. The fourth-order valence-corrected chi connectivity index (χ4v) is 5.72. The number of methoxy groups -OCH3 is 1. The van der Waals surface area contributed by atoms with Gasteiger partial charge in [0.15, 0.2) is 9.84 Å². The van der Waals surface area contributed by atoms with Crippen molar-refractivity contribution in [2.45, 2.75) is 29.9 Å². The van der Waals surface area contributed by atoms with E-state index < -0.39 is 21.9 Å². The van der Waals surface area contributed by atoms with E-state index in [4.69, 9.17) is 15.5 Å². The Morgan fingerprint density at radius 1 is 1.18 bits per heavy atom. The average molecular weight is 501 g/mol. The molecule has 0 fully saturated rings. The van der Waals surface area contributed by atoms with E-state index in [1.54, 1.807) is 42.3 Å². The Morgan fingerprint density at radius 2 is 1.88 bits per heavy atom. The maximum absolute atomic E-state index is 13.1. The van der Waals surface area contributed by atoms with Crippen LogP contribution in [0.2, 0.25) is 0 Å². The highest BCUT2D eigenvalue weighted by atomic mass is 32.2. The van der Waals surface area contributed by atoms with Crippen LogP contribution in [-0.4, -0.2) is 60.0 Å². The molecule has 34 heavy (non-hydrogen) atoms. The molecule has 2 N–H and O–H groups in total. The second kappa shape index (κ2) is 10.2. The molecular weight excluding hydrogens is 472 g/mol. The minimum atomic E-state index is -3.53. The second-order valence-electron chi connectivity index (χ2n) is 8.14. The summed E-state index contributed by atoms with van der Waals surface area (Å²) < 4.78 is 33.4. The number of rotatable bonds is 8. The maximum Gasteiger partial charge on any atom is 0.241 e. The van der Waals surface area contributed by atoms with Gasteiger partial charge in [-0.2, -0.15) is 12.6 Å². The average Bonchev–Trinajstić information content (AvgIpc) is 3.31. The number of fused-ring (bicyclic) bond motifs is 1. The summed E-state index contributed by atoms with van der Waals surface area (Å²) in [6, 6.07) is 14.6. The Balaban J connectivity index is 1.70. The van der Waals surface area contributed by atoms with Crippen molar-refractivity contribution in [3.8, 4) is 17.0 Å². The normalized spacial score (nSPS) is 16.7. The molecule has 0 radical (unpaired) electrons. The molecule has 2 aromatic carbocycles. The van der Waals surface area contributed by atoms with E-state index in [-0.39, 0.29) is 28.7 Å². The zero-order chi connectivity index (χ0) is 24.3. The number of imidazole rings is 1. The molecule has 0 bridgehead atoms. The van der Waals surface area contributed by atoms with Gasteiger partial charge in [-0.05, 0) is 30.7 Å². The molecule has 10 heteroatoms. The van der Waals surface area contributed by atoms with Gasteiger partial charge in [-0.3, -0.25) is 4.79 Å². The molecule has 1 aliphatic rings. The van der Waals surface area contributed by atoms with Crippen molar-refractivity contribution >= 4 is 28.4 Å². The fourth-order valence-electron chi connectivity index (χ4n) is 4.22. The van der Waals surface area contributed by atoms with Gasteiger partial charge >= 0.3 is 0 Å². The minimum Gasteiger partial charge on any atom is -0.496 e. The van der Waals surface area contributed by atoms with Crippen LogP contribution >= 0.6 is 12.6 Å². The van der Waals surface area contributed by atoms with E-state index in [1.807, 2.05) is 35.0 Å². The number of amides is 1. The molecule has 1 aromatic heterocycles. The Kier molecular flexibility index (Phi) is 7.30. The van der Waals surface area contributed by atoms with Gasteiger partial charge in [0.05, 0.1) is 35.5 Å². The molecule has 2 unspecified atom stereocenters. The van der Waals surface area contributed by atoms with Gasteiger partial charge in [-0.25, -0.2) is 13.4 Å². The van der Waals surface area contributed by atoms with Gasteiger partial charge in [0, 0.05) is 30.6 Å². The molecule has 1 amide bonds. The van der Waals surface area contributed by atoms with E-state index in [0.29, 0.717) is 30.4 Å². The standard InChI is InChI=1S/C24H28N4O4S2/c1-32-22-10-6-5-9-18(22)20-15-27-12-13-28(24(29)19(25)16-33)21(23(27)26-20)11-14-34(30,31)17-7-3-2-4-8-17/h2-10,15,19,21,33H,11-14,16,25H2,1H3. The summed E-state index contributed by atoms with van der Waals surface area (Å²) in [7, 11) is -1.93. The van der Waals surface area contributed by atoms with Crippen LogP contribution in [0.5, 0.6) is 5.75 Å². The molecule has 1 aliphatic heterocycles. The third-order valence-electron chi connectivity index (χ3n) is 6.01. The number of carbonyl (C=O) groups is 1. The molecule has 2 heterocycles. The van der Waals surface area contributed by atoms with Crippen molar-refractivity contribution in [2.75, 3.05) is 25.2 Å². The van der Waals surface area contributed by atoms with Gasteiger partial charge in [0.2, 0.25) is 5.91 Å². The predicted molar refractivity (Wildman–Crippen MR) is 134 cm³/mol. The molecule has 180 valence electrons. The van der Waals surface area contributed by atoms with Gasteiger partial charge in [0.1, 0.15) is 11.6 Å². The Hall–Kier alpha value is -2.82. The minimum absolute atomic E-state index is 0.127. The number of ether oxygens (including phenoxy) is 1. The highest BCUT2D eigenvalue weighted by Crippen LogP contribution is 2.35. The molecule has 0 aliphatic carbocycles. The number of carbonyl (C=O) groups excluding carboxylic acids is 1. The maximum atomic E-state index is 13.1. The summed E-state index contributed by atoms with van der Waals surface area (Å²) in [6.07, 6.45) is 2.12. The number of thiol groups is 1. The lowest BCUT2D eigenvalue weighted by Gasteiger charge is -2.37. The molecular formula is C24H28N4O4S2. The van der Waals surface area contributed by atoms with Crippen molar-refractivity contribution in [3.63, 3.8) is 0 Å². The highest BCUT2D eigenvalue weighted by molar-refractivity contribution is 7.91. The topological polar surface area (TPSA) is 108 Å². The first kappa shape index (κ1) is 24.3. The van der Waals surface area contributed by atoms with Crippen LogP contribution in [-0.2, 0) is 21.2 Å². The van der Waals surface area contributed by atoms with E-state index in [2.05, 4.69) is 12.6 Å². The Morgan fingerprint density at radius 3 is 2.59 bits per heavy atom. The zero-order valence-electron chi connectivity index (χ0n) is 18.9. The predicted octanol–water partition coefficient (Wildman–Crippen LogP) is 2.56. The molecule has 0 saturated carbocycles. The summed E-state index contributed by atoms with van der Waals surface area (Å²) in [5.41, 5.74) is 7.54. The summed E-state index contributed by atoms with van der Waals surface area (Å²) in [5, 5.41) is 0. The largest absolute Gasteiger partial charge is 0.496 e. The SMILES string of the molecule is COc1ccccc1-c1cn2c(n1)C(CCS(=O)(=O)c1ccccc1)N(C(=O)C(N)CS)CC2. The number of sulfone groups is 1. The van der Waals surface area contributed by atoms with Crippen LogP contribution in [0.4, 0.5) is 0 Å². The highest BCUT2D eigenvalue weighted by Gasteiger charge is 2.36. The Labute approximate surface area is 205 Å². The lowest BCUT2D eigenvalue weighted by Crippen LogP contribution is -2.50. The van der Waals surface area contributed by atoms with Crippen LogP contribution in [0.15, 0.2) is 65.7 Å². The number of benzene rings is 2. The third-order valence-corrected chi connectivity index (χ3v) is 8.16. The van der Waals surface area contributed by atoms with Crippen LogP contribution in [0.3, 0.4) is 0 Å². The van der Waals surface area contributed by atoms with Crippen molar-refractivity contribution in [1.82, 2.24) is 14.5 Å². The number of hydrogen-bond acceptors (Lipinski definition) is 7. The second-order valence-corrected chi connectivity index (χ2v) is 10.6. The van der Waals surface area contributed by atoms with E-state index >= 15 is 0 Å². The summed E-state index contributed by atoms with van der Waals surface area (Å²) in [5.74, 6) is 1.13. The lowest BCUT2D eigenvalue weighted by molar-refractivity contribution is -0.135. The fraction of sp³-hybridized carbons (Fsp3) is 0.333. The van der Waals surface area contributed by atoms with Crippen molar-refractivity contribution < 1.29 is 17.9 Å². The van der Waals surface area contributed by atoms with Crippen LogP contribution in [0.1, 0.15) is 18.3 Å². The Bertz CT molecular complexity index is 1260. The molecule has 3 aromatic rings. The first-order valence-corrected chi connectivity index (χ1v) is 13.3. The quantitative estimate of drug-likeness (QED) is 0.461. The molecule has 8 nitrogen and oxygen atoms in total. The monoisotopic (exact) mass is 500 g/mol. The number of aromatic nitrogens is 2. The molecule has 4 rings (SSSR count). The van der Waals surface area contributed by atoms with E-state index in [1.165, 1.54) is 0 Å². The number of hydrogen-bond donors (Lipinski definition) is 2. The van der Waals surface area contributed by atoms with Crippen molar-refractivity contribution in [2.24, 2.45) is 5.73 Å². The number of nitrogens with zero attached hydrogens (tertiary/aromatic N) is 3. The number of para-hydroxylation sites is 1.